The molecule has 0 spiro atoms. The van der Waals surface area contributed by atoms with Gasteiger partial charge < -0.3 is 15.3 Å². The van der Waals surface area contributed by atoms with Gasteiger partial charge in [0.1, 0.15) is 5.60 Å². The van der Waals surface area contributed by atoms with Crippen molar-refractivity contribution in [2.75, 3.05) is 11.5 Å². The molecule has 0 aromatic carbocycles. The molecule has 1 aliphatic heterocycles. The number of amides is 1. The fourth-order valence-corrected chi connectivity index (χ4v) is 3.01. The Labute approximate surface area is 106 Å². The fraction of sp³-hybridized carbons (Fsp3) is 0.800. The standard InChI is InChI=1S/C10H18N2O5S/c1-10(2,3)17-9(13)11-7-4-5-18(15,16)6-8(7)12-14/h7,14H,4-6H2,1-3H3,(H,11,13)/b12-8+. The Morgan fingerprint density at radius 2 is 2.11 bits per heavy atom. The lowest BCUT2D eigenvalue weighted by molar-refractivity contribution is 0.0516. The Bertz CT molecular complexity index is 449. The number of carbonyl (C=O) groups is 1. The molecule has 0 aromatic heterocycles. The number of hydrogen-bond acceptors (Lipinski definition) is 6. The molecule has 1 amide bonds. The van der Waals surface area contributed by atoms with Crippen molar-refractivity contribution in [1.29, 1.82) is 0 Å². The zero-order valence-corrected chi connectivity index (χ0v) is 11.5. The first-order valence-corrected chi connectivity index (χ1v) is 7.36. The van der Waals surface area contributed by atoms with Gasteiger partial charge in [0.25, 0.3) is 0 Å². The highest BCUT2D eigenvalue weighted by Gasteiger charge is 2.32. The summed E-state index contributed by atoms with van der Waals surface area (Å²) in [5.74, 6) is -0.392. The monoisotopic (exact) mass is 278 g/mol. The average Bonchev–Trinajstić information content (AvgIpc) is 2.17. The average molecular weight is 278 g/mol. The zero-order chi connectivity index (χ0) is 14.0. The third-order valence-electron chi connectivity index (χ3n) is 2.31. The minimum atomic E-state index is -3.23. The van der Waals surface area contributed by atoms with E-state index in [0.29, 0.717) is 0 Å². The molecule has 1 saturated heterocycles. The summed E-state index contributed by atoms with van der Waals surface area (Å²) in [5, 5.41) is 14.2. The summed E-state index contributed by atoms with van der Waals surface area (Å²) in [5.41, 5.74) is -0.603. The van der Waals surface area contributed by atoms with E-state index in [4.69, 9.17) is 9.94 Å². The molecule has 0 saturated carbocycles. The summed E-state index contributed by atoms with van der Waals surface area (Å²) >= 11 is 0. The number of rotatable bonds is 1. The van der Waals surface area contributed by atoms with Crippen molar-refractivity contribution >= 4 is 21.6 Å². The predicted octanol–water partition coefficient (Wildman–Crippen LogP) is 0.528. The number of nitrogens with one attached hydrogen (secondary N) is 1. The van der Waals surface area contributed by atoms with Gasteiger partial charge in [0.05, 0.1) is 23.3 Å². The van der Waals surface area contributed by atoms with Crippen LogP contribution in [0.1, 0.15) is 27.2 Å². The normalized spacial score (nSPS) is 25.7. The van der Waals surface area contributed by atoms with Crippen LogP contribution in [0.25, 0.3) is 0 Å². The molecule has 0 aliphatic carbocycles. The Hall–Kier alpha value is -1.31. The highest BCUT2D eigenvalue weighted by atomic mass is 32.2. The van der Waals surface area contributed by atoms with Gasteiger partial charge in [-0.25, -0.2) is 13.2 Å². The van der Waals surface area contributed by atoms with Gasteiger partial charge in [-0.2, -0.15) is 0 Å². The van der Waals surface area contributed by atoms with Crippen LogP contribution in [0.4, 0.5) is 4.79 Å². The van der Waals surface area contributed by atoms with Crippen LogP contribution in [0, 0.1) is 0 Å². The predicted molar refractivity (Wildman–Crippen MR) is 65.7 cm³/mol. The Morgan fingerprint density at radius 1 is 1.50 bits per heavy atom. The zero-order valence-electron chi connectivity index (χ0n) is 10.6. The molecule has 0 aromatic rings. The van der Waals surface area contributed by atoms with E-state index in [1.165, 1.54) is 0 Å². The molecule has 1 fully saturated rings. The third kappa shape index (κ3) is 4.52. The van der Waals surface area contributed by atoms with E-state index in [2.05, 4.69) is 10.5 Å². The summed E-state index contributed by atoms with van der Waals surface area (Å²) in [6.45, 7) is 5.16. The Balaban J connectivity index is 2.65. The molecule has 1 heterocycles. The van der Waals surface area contributed by atoms with E-state index in [9.17, 15) is 13.2 Å². The van der Waals surface area contributed by atoms with Crippen molar-refractivity contribution in [2.24, 2.45) is 5.16 Å². The van der Waals surface area contributed by atoms with Crippen molar-refractivity contribution in [3.05, 3.63) is 0 Å². The van der Waals surface area contributed by atoms with E-state index < -0.39 is 27.6 Å². The molecule has 18 heavy (non-hydrogen) atoms. The van der Waals surface area contributed by atoms with Crippen LogP contribution < -0.4 is 5.32 Å². The molecule has 1 rings (SSSR count). The molecule has 1 atom stereocenters. The topological polar surface area (TPSA) is 105 Å². The maximum Gasteiger partial charge on any atom is 0.408 e. The van der Waals surface area contributed by atoms with Gasteiger partial charge in [-0.1, -0.05) is 5.16 Å². The van der Waals surface area contributed by atoms with Gasteiger partial charge in [0.2, 0.25) is 0 Å². The number of carbonyl (C=O) groups excluding carboxylic acids is 1. The van der Waals surface area contributed by atoms with E-state index in [1.54, 1.807) is 20.8 Å². The van der Waals surface area contributed by atoms with Gasteiger partial charge >= 0.3 is 6.09 Å². The largest absolute Gasteiger partial charge is 0.444 e. The number of sulfone groups is 1. The summed E-state index contributed by atoms with van der Waals surface area (Å²) in [6.07, 6.45) is -0.478. The Kier molecular flexibility index (Phi) is 4.20. The lowest BCUT2D eigenvalue weighted by atomic mass is 10.1. The van der Waals surface area contributed by atoms with Crippen LogP contribution in [-0.4, -0.2) is 48.6 Å². The SMILES string of the molecule is CC(C)(C)OC(=O)NC1CCS(=O)(=O)C/C1=N\O. The molecule has 7 nitrogen and oxygen atoms in total. The van der Waals surface area contributed by atoms with Crippen molar-refractivity contribution < 1.29 is 23.2 Å². The fourth-order valence-electron chi connectivity index (χ4n) is 1.57. The molecule has 0 bridgehead atoms. The first-order valence-electron chi connectivity index (χ1n) is 5.54. The number of oxime groups is 1. The molecule has 1 unspecified atom stereocenters. The highest BCUT2D eigenvalue weighted by Crippen LogP contribution is 2.12. The van der Waals surface area contributed by atoms with E-state index in [-0.39, 0.29) is 23.6 Å². The van der Waals surface area contributed by atoms with Crippen LogP contribution in [0.2, 0.25) is 0 Å². The summed E-state index contributed by atoms with van der Waals surface area (Å²) in [4.78, 5) is 11.5. The molecular formula is C10H18N2O5S. The quantitative estimate of drug-likeness (QED) is 0.537. The molecule has 1 aliphatic rings. The number of ether oxygens (including phenoxy) is 1. The first kappa shape index (κ1) is 14.7. The molecule has 104 valence electrons. The van der Waals surface area contributed by atoms with Gasteiger partial charge in [-0.3, -0.25) is 0 Å². The van der Waals surface area contributed by atoms with Crippen molar-refractivity contribution in [2.45, 2.75) is 38.8 Å². The van der Waals surface area contributed by atoms with Crippen molar-refractivity contribution in [3.8, 4) is 0 Å². The lowest BCUT2D eigenvalue weighted by Crippen LogP contribution is -2.49. The smallest absolute Gasteiger partial charge is 0.408 e. The van der Waals surface area contributed by atoms with Crippen LogP contribution >= 0.6 is 0 Å². The van der Waals surface area contributed by atoms with Crippen molar-refractivity contribution in [3.63, 3.8) is 0 Å². The molecular weight excluding hydrogens is 260 g/mol. The number of nitrogens with zero attached hydrogens (tertiary/aromatic N) is 1. The van der Waals surface area contributed by atoms with E-state index >= 15 is 0 Å². The van der Waals surface area contributed by atoms with Crippen LogP contribution in [0.15, 0.2) is 5.16 Å². The highest BCUT2D eigenvalue weighted by molar-refractivity contribution is 7.92. The van der Waals surface area contributed by atoms with Crippen LogP contribution in [0.5, 0.6) is 0 Å². The second-order valence-corrected chi connectivity index (χ2v) is 7.35. The van der Waals surface area contributed by atoms with Crippen molar-refractivity contribution in [1.82, 2.24) is 5.32 Å². The number of alkyl carbamates (subject to hydrolysis) is 1. The van der Waals surface area contributed by atoms with E-state index in [1.807, 2.05) is 0 Å². The summed E-state index contributed by atoms with van der Waals surface area (Å²) < 4.78 is 27.7. The second kappa shape index (κ2) is 5.13. The third-order valence-corrected chi connectivity index (χ3v) is 3.90. The van der Waals surface area contributed by atoms with Gasteiger partial charge in [-0.05, 0) is 27.2 Å². The van der Waals surface area contributed by atoms with Gasteiger partial charge in [0.15, 0.2) is 9.84 Å². The van der Waals surface area contributed by atoms with E-state index in [0.717, 1.165) is 0 Å². The van der Waals surface area contributed by atoms with Crippen LogP contribution in [-0.2, 0) is 14.6 Å². The first-order chi connectivity index (χ1) is 8.13. The number of hydrogen-bond donors (Lipinski definition) is 2. The minimum absolute atomic E-state index is 0.0344. The van der Waals surface area contributed by atoms with Gasteiger partial charge in [-0.15, -0.1) is 0 Å². The molecule has 2 N–H and O–H groups in total. The maximum atomic E-state index is 11.5. The summed E-state index contributed by atoms with van der Waals surface area (Å²) in [6, 6.07) is -0.603. The Morgan fingerprint density at radius 3 is 2.61 bits per heavy atom. The minimum Gasteiger partial charge on any atom is -0.444 e. The molecule has 0 radical (unpaired) electrons. The molecule has 8 heteroatoms. The van der Waals surface area contributed by atoms with Crippen LogP contribution in [0.3, 0.4) is 0 Å². The lowest BCUT2D eigenvalue weighted by Gasteiger charge is -2.26. The van der Waals surface area contributed by atoms with Gasteiger partial charge in [0, 0.05) is 0 Å². The maximum absolute atomic E-state index is 11.5. The second-order valence-electron chi connectivity index (χ2n) is 5.17. The summed E-state index contributed by atoms with van der Waals surface area (Å²) in [7, 11) is -3.23.